The van der Waals surface area contributed by atoms with E-state index in [2.05, 4.69) is 10.3 Å². The molecule has 102 valence electrons. The van der Waals surface area contributed by atoms with Gasteiger partial charge in [0.25, 0.3) is 5.91 Å². The van der Waals surface area contributed by atoms with Crippen molar-refractivity contribution in [2.45, 2.75) is 6.10 Å². The molecule has 1 N–H and O–H groups in total. The normalized spacial score (nSPS) is 19.4. The maximum Gasteiger partial charge on any atom is 0.253 e. The number of likely N-dealkylation sites (N-methyl/N-ethyl adjacent to an activating group) is 1. The lowest BCUT2D eigenvalue weighted by atomic mass is 10.2. The number of nitrogens with one attached hydrogen (secondary N) is 1. The number of nitrogens with zero attached hydrogens (tertiary/aromatic N) is 2. The molecule has 19 heavy (non-hydrogen) atoms. The predicted octanol–water partition coefficient (Wildman–Crippen LogP) is -0.192. The standard InChI is InChI=1S/C12H14FN3O3/c1-16-6-10(19-7-11(16)17)5-15-12(18)8-2-9(13)4-14-3-8/h2-4,10H,5-7H2,1H3,(H,15,18). The van der Waals surface area contributed by atoms with E-state index in [0.717, 1.165) is 12.3 Å². The number of hydrogen-bond acceptors (Lipinski definition) is 4. The first-order valence-corrected chi connectivity index (χ1v) is 5.80. The van der Waals surface area contributed by atoms with Gasteiger partial charge in [-0.15, -0.1) is 0 Å². The van der Waals surface area contributed by atoms with Crippen LogP contribution in [-0.2, 0) is 9.53 Å². The Kier molecular flexibility index (Phi) is 4.06. The van der Waals surface area contributed by atoms with Gasteiger partial charge in [-0.2, -0.15) is 0 Å². The Morgan fingerprint density at radius 2 is 2.42 bits per heavy atom. The topological polar surface area (TPSA) is 71.5 Å². The number of rotatable bonds is 3. The van der Waals surface area contributed by atoms with Crippen LogP contribution in [0.15, 0.2) is 18.5 Å². The summed E-state index contributed by atoms with van der Waals surface area (Å²) in [6, 6.07) is 1.11. The summed E-state index contributed by atoms with van der Waals surface area (Å²) in [5.41, 5.74) is 0.153. The molecule has 1 unspecified atom stereocenters. The second-order valence-corrected chi connectivity index (χ2v) is 4.31. The van der Waals surface area contributed by atoms with Crippen LogP contribution >= 0.6 is 0 Å². The maximum absolute atomic E-state index is 12.9. The van der Waals surface area contributed by atoms with Gasteiger partial charge in [0.05, 0.1) is 17.9 Å². The first-order chi connectivity index (χ1) is 9.06. The van der Waals surface area contributed by atoms with Crippen LogP contribution in [0.25, 0.3) is 0 Å². The van der Waals surface area contributed by atoms with Crippen molar-refractivity contribution in [1.29, 1.82) is 0 Å². The molecule has 0 aromatic carbocycles. The van der Waals surface area contributed by atoms with Crippen molar-refractivity contribution in [2.24, 2.45) is 0 Å². The first kappa shape index (κ1) is 13.4. The number of carbonyl (C=O) groups excluding carboxylic acids is 2. The van der Waals surface area contributed by atoms with E-state index in [4.69, 9.17) is 4.74 Å². The van der Waals surface area contributed by atoms with E-state index in [9.17, 15) is 14.0 Å². The molecule has 6 nitrogen and oxygen atoms in total. The number of ether oxygens (including phenoxy) is 1. The fourth-order valence-electron chi connectivity index (χ4n) is 1.73. The third-order valence-corrected chi connectivity index (χ3v) is 2.80. The molecule has 1 aromatic rings. The molecule has 1 aromatic heterocycles. The van der Waals surface area contributed by atoms with E-state index in [-0.39, 0.29) is 30.7 Å². The summed E-state index contributed by atoms with van der Waals surface area (Å²) >= 11 is 0. The van der Waals surface area contributed by atoms with Crippen molar-refractivity contribution in [1.82, 2.24) is 15.2 Å². The van der Waals surface area contributed by atoms with Crippen LogP contribution in [0.5, 0.6) is 0 Å². The second kappa shape index (κ2) is 5.75. The summed E-state index contributed by atoms with van der Waals surface area (Å²) in [5, 5.41) is 2.62. The lowest BCUT2D eigenvalue weighted by molar-refractivity contribution is -0.146. The quantitative estimate of drug-likeness (QED) is 0.824. The molecule has 1 aliphatic heterocycles. The Hall–Kier alpha value is -2.02. The minimum atomic E-state index is -0.563. The third kappa shape index (κ3) is 3.47. The van der Waals surface area contributed by atoms with Crippen molar-refractivity contribution in [3.05, 3.63) is 29.8 Å². The van der Waals surface area contributed by atoms with E-state index in [1.807, 2.05) is 0 Å². The lowest BCUT2D eigenvalue weighted by Crippen LogP contribution is -2.48. The van der Waals surface area contributed by atoms with Gasteiger partial charge in [0.15, 0.2) is 0 Å². The molecule has 0 saturated carbocycles. The molecule has 1 atom stereocenters. The van der Waals surface area contributed by atoms with Crippen molar-refractivity contribution in [2.75, 3.05) is 26.7 Å². The maximum atomic E-state index is 12.9. The molecule has 1 aliphatic rings. The zero-order valence-electron chi connectivity index (χ0n) is 10.4. The van der Waals surface area contributed by atoms with Crippen LogP contribution in [-0.4, -0.2) is 54.5 Å². The monoisotopic (exact) mass is 267 g/mol. The average Bonchev–Trinajstić information content (AvgIpc) is 2.40. The Labute approximate surface area is 109 Å². The Balaban J connectivity index is 1.85. The molecular formula is C12H14FN3O3. The molecule has 0 spiro atoms. The Morgan fingerprint density at radius 3 is 3.11 bits per heavy atom. The lowest BCUT2D eigenvalue weighted by Gasteiger charge is -2.29. The zero-order valence-corrected chi connectivity index (χ0v) is 10.4. The molecule has 0 radical (unpaired) electrons. The molecule has 2 heterocycles. The van der Waals surface area contributed by atoms with Crippen molar-refractivity contribution in [3.8, 4) is 0 Å². The number of morpholine rings is 1. The van der Waals surface area contributed by atoms with E-state index in [1.165, 1.54) is 6.20 Å². The van der Waals surface area contributed by atoms with Gasteiger partial charge < -0.3 is 15.0 Å². The zero-order chi connectivity index (χ0) is 13.8. The van der Waals surface area contributed by atoms with Gasteiger partial charge in [0.1, 0.15) is 12.4 Å². The molecular weight excluding hydrogens is 253 g/mol. The third-order valence-electron chi connectivity index (χ3n) is 2.80. The largest absolute Gasteiger partial charge is 0.365 e. The van der Waals surface area contributed by atoms with Crippen LogP contribution in [0, 0.1) is 5.82 Å². The summed E-state index contributed by atoms with van der Waals surface area (Å²) in [6.07, 6.45) is 2.06. The molecule has 2 rings (SSSR count). The van der Waals surface area contributed by atoms with Gasteiger partial charge in [-0.1, -0.05) is 0 Å². The SMILES string of the molecule is CN1CC(CNC(=O)c2cncc(F)c2)OCC1=O. The first-order valence-electron chi connectivity index (χ1n) is 5.80. The average molecular weight is 267 g/mol. The highest BCUT2D eigenvalue weighted by Gasteiger charge is 2.23. The summed E-state index contributed by atoms with van der Waals surface area (Å²) in [5.74, 6) is -1.07. The highest BCUT2D eigenvalue weighted by molar-refractivity contribution is 5.93. The molecule has 0 bridgehead atoms. The van der Waals surface area contributed by atoms with E-state index >= 15 is 0 Å². The molecule has 2 amide bonds. The van der Waals surface area contributed by atoms with Crippen LogP contribution in [0.2, 0.25) is 0 Å². The smallest absolute Gasteiger partial charge is 0.253 e. The van der Waals surface area contributed by atoms with E-state index < -0.39 is 11.7 Å². The number of halogens is 1. The minimum Gasteiger partial charge on any atom is -0.365 e. The summed E-state index contributed by atoms with van der Waals surface area (Å²) in [4.78, 5) is 28.1. The molecule has 0 aliphatic carbocycles. The van der Waals surface area contributed by atoms with Crippen LogP contribution < -0.4 is 5.32 Å². The fourth-order valence-corrected chi connectivity index (χ4v) is 1.73. The van der Waals surface area contributed by atoms with Crippen molar-refractivity contribution >= 4 is 11.8 Å². The van der Waals surface area contributed by atoms with Crippen LogP contribution in [0.4, 0.5) is 4.39 Å². The number of amides is 2. The predicted molar refractivity (Wildman–Crippen MR) is 63.9 cm³/mol. The van der Waals surface area contributed by atoms with Gasteiger partial charge in [0.2, 0.25) is 5.91 Å². The van der Waals surface area contributed by atoms with Crippen LogP contribution in [0.3, 0.4) is 0 Å². The van der Waals surface area contributed by atoms with Crippen LogP contribution in [0.1, 0.15) is 10.4 Å². The fraction of sp³-hybridized carbons (Fsp3) is 0.417. The second-order valence-electron chi connectivity index (χ2n) is 4.31. The minimum absolute atomic E-state index is 0.0125. The molecule has 1 fully saturated rings. The van der Waals surface area contributed by atoms with E-state index in [0.29, 0.717) is 6.54 Å². The Bertz CT molecular complexity index is 495. The summed E-state index contributed by atoms with van der Waals surface area (Å²) < 4.78 is 18.2. The summed E-state index contributed by atoms with van der Waals surface area (Å²) in [7, 11) is 1.68. The summed E-state index contributed by atoms with van der Waals surface area (Å²) in [6.45, 7) is 0.687. The van der Waals surface area contributed by atoms with Gasteiger partial charge in [-0.25, -0.2) is 4.39 Å². The van der Waals surface area contributed by atoms with Gasteiger partial charge in [-0.05, 0) is 6.07 Å². The molecule has 1 saturated heterocycles. The highest BCUT2D eigenvalue weighted by Crippen LogP contribution is 2.04. The number of aromatic nitrogens is 1. The van der Waals surface area contributed by atoms with Gasteiger partial charge in [0, 0.05) is 26.3 Å². The Morgan fingerprint density at radius 1 is 1.63 bits per heavy atom. The highest BCUT2D eigenvalue weighted by atomic mass is 19.1. The molecule has 7 heteroatoms. The van der Waals surface area contributed by atoms with Gasteiger partial charge in [-0.3, -0.25) is 14.6 Å². The number of hydrogen-bond donors (Lipinski definition) is 1. The van der Waals surface area contributed by atoms with Gasteiger partial charge >= 0.3 is 0 Å². The number of carbonyl (C=O) groups is 2. The van der Waals surface area contributed by atoms with E-state index in [1.54, 1.807) is 11.9 Å². The van der Waals surface area contributed by atoms with Crippen molar-refractivity contribution in [3.63, 3.8) is 0 Å². The van der Waals surface area contributed by atoms with Crippen molar-refractivity contribution < 1.29 is 18.7 Å². The number of pyridine rings is 1.